The standard InChI is InChI=1S/C17H16ClN3O3/c1-2-24-15-9-3-12(4-10-15)11-19-21-17(23)16(22)20-14-7-5-13(18)6-8-14/h3-11H,2H2,1H3,(H,20,22)(H,21,23)/b19-11-. The number of nitrogens with zero attached hydrogens (tertiary/aromatic N) is 1. The van der Waals surface area contributed by atoms with Crippen molar-refractivity contribution in [2.75, 3.05) is 11.9 Å². The number of hydrogen-bond acceptors (Lipinski definition) is 4. The van der Waals surface area contributed by atoms with E-state index in [9.17, 15) is 9.59 Å². The predicted octanol–water partition coefficient (Wildman–Crippen LogP) is 2.83. The summed E-state index contributed by atoms with van der Waals surface area (Å²) in [5, 5.41) is 6.73. The van der Waals surface area contributed by atoms with Crippen molar-refractivity contribution in [2.45, 2.75) is 6.92 Å². The molecular formula is C17H16ClN3O3. The molecule has 0 saturated heterocycles. The minimum atomic E-state index is -0.868. The average molecular weight is 346 g/mol. The third kappa shape index (κ3) is 5.40. The van der Waals surface area contributed by atoms with Crippen LogP contribution in [0.15, 0.2) is 53.6 Å². The van der Waals surface area contributed by atoms with Crippen molar-refractivity contribution in [1.82, 2.24) is 5.43 Å². The lowest BCUT2D eigenvalue weighted by molar-refractivity contribution is -0.136. The highest BCUT2D eigenvalue weighted by Gasteiger charge is 2.12. The van der Waals surface area contributed by atoms with Crippen molar-refractivity contribution < 1.29 is 14.3 Å². The van der Waals surface area contributed by atoms with Crippen molar-refractivity contribution >= 4 is 35.3 Å². The van der Waals surface area contributed by atoms with E-state index in [4.69, 9.17) is 16.3 Å². The summed E-state index contributed by atoms with van der Waals surface area (Å²) in [7, 11) is 0. The van der Waals surface area contributed by atoms with E-state index in [1.807, 2.05) is 6.92 Å². The maximum atomic E-state index is 11.7. The van der Waals surface area contributed by atoms with Gasteiger partial charge >= 0.3 is 11.8 Å². The largest absolute Gasteiger partial charge is 0.494 e. The molecule has 24 heavy (non-hydrogen) atoms. The second-order valence-electron chi connectivity index (χ2n) is 4.66. The van der Waals surface area contributed by atoms with Gasteiger partial charge in [-0.25, -0.2) is 5.43 Å². The van der Waals surface area contributed by atoms with Crippen molar-refractivity contribution in [3.63, 3.8) is 0 Å². The fourth-order valence-corrected chi connectivity index (χ4v) is 1.88. The van der Waals surface area contributed by atoms with Crippen LogP contribution in [0.4, 0.5) is 5.69 Å². The van der Waals surface area contributed by atoms with Crippen molar-refractivity contribution in [3.8, 4) is 5.75 Å². The maximum absolute atomic E-state index is 11.7. The third-order valence-electron chi connectivity index (χ3n) is 2.88. The first-order valence-corrected chi connectivity index (χ1v) is 7.59. The molecule has 2 N–H and O–H groups in total. The lowest BCUT2D eigenvalue weighted by atomic mass is 10.2. The molecule has 0 aliphatic carbocycles. The van der Waals surface area contributed by atoms with Crippen molar-refractivity contribution in [2.24, 2.45) is 5.10 Å². The molecule has 0 heterocycles. The number of amides is 2. The molecule has 2 rings (SSSR count). The number of rotatable bonds is 5. The summed E-state index contributed by atoms with van der Waals surface area (Å²) in [5.74, 6) is -0.936. The average Bonchev–Trinajstić information content (AvgIpc) is 2.58. The van der Waals surface area contributed by atoms with Crippen molar-refractivity contribution in [3.05, 3.63) is 59.1 Å². The topological polar surface area (TPSA) is 79.8 Å². The van der Waals surface area contributed by atoms with Crippen LogP contribution >= 0.6 is 11.6 Å². The molecule has 6 nitrogen and oxygen atoms in total. The Labute approximate surface area is 144 Å². The molecule has 2 amide bonds. The van der Waals surface area contributed by atoms with Crippen LogP contribution in [0.25, 0.3) is 0 Å². The monoisotopic (exact) mass is 345 g/mol. The van der Waals surface area contributed by atoms with Gasteiger partial charge in [-0.1, -0.05) is 11.6 Å². The number of carbonyl (C=O) groups is 2. The fourth-order valence-electron chi connectivity index (χ4n) is 1.75. The van der Waals surface area contributed by atoms with E-state index in [0.717, 1.165) is 11.3 Å². The Balaban J connectivity index is 1.85. The van der Waals surface area contributed by atoms with Gasteiger partial charge in [-0.2, -0.15) is 5.10 Å². The summed E-state index contributed by atoms with van der Waals surface area (Å²) in [4.78, 5) is 23.4. The molecule has 0 saturated carbocycles. The Morgan fingerprint density at radius 3 is 2.38 bits per heavy atom. The molecule has 0 aliphatic heterocycles. The van der Waals surface area contributed by atoms with E-state index in [-0.39, 0.29) is 0 Å². The van der Waals surface area contributed by atoms with E-state index in [1.54, 1.807) is 48.5 Å². The second-order valence-corrected chi connectivity index (χ2v) is 5.10. The van der Waals surface area contributed by atoms with Gasteiger partial charge in [-0.3, -0.25) is 9.59 Å². The summed E-state index contributed by atoms with van der Waals surface area (Å²) < 4.78 is 5.32. The van der Waals surface area contributed by atoms with Gasteiger partial charge in [-0.05, 0) is 61.0 Å². The Kier molecular flexibility index (Phi) is 6.33. The molecule has 0 bridgehead atoms. The third-order valence-corrected chi connectivity index (χ3v) is 3.13. The van der Waals surface area contributed by atoms with Gasteiger partial charge in [-0.15, -0.1) is 0 Å². The van der Waals surface area contributed by atoms with Gasteiger partial charge < -0.3 is 10.1 Å². The van der Waals surface area contributed by atoms with Gasteiger partial charge in [0.25, 0.3) is 0 Å². The summed E-state index contributed by atoms with van der Waals surface area (Å²) in [6.45, 7) is 2.49. The van der Waals surface area contributed by atoms with Crippen LogP contribution in [0.1, 0.15) is 12.5 Å². The number of nitrogens with one attached hydrogen (secondary N) is 2. The maximum Gasteiger partial charge on any atom is 0.329 e. The predicted molar refractivity (Wildman–Crippen MR) is 93.4 cm³/mol. The Morgan fingerprint density at radius 2 is 1.75 bits per heavy atom. The quantitative estimate of drug-likeness (QED) is 0.497. The first-order chi connectivity index (χ1) is 11.6. The number of halogens is 1. The highest BCUT2D eigenvalue weighted by Crippen LogP contribution is 2.13. The Bertz CT molecular complexity index is 728. The first-order valence-electron chi connectivity index (χ1n) is 7.21. The molecule has 0 aliphatic rings. The number of ether oxygens (including phenoxy) is 1. The molecule has 0 fully saturated rings. The molecular weight excluding hydrogens is 330 g/mol. The number of benzene rings is 2. The summed E-state index contributed by atoms with van der Waals surface area (Å²) in [6.07, 6.45) is 1.43. The lowest BCUT2D eigenvalue weighted by Crippen LogP contribution is -2.32. The van der Waals surface area contributed by atoms with Crippen LogP contribution in [0, 0.1) is 0 Å². The highest BCUT2D eigenvalue weighted by atomic mass is 35.5. The van der Waals surface area contributed by atoms with Crippen LogP contribution in [0.3, 0.4) is 0 Å². The van der Waals surface area contributed by atoms with Crippen LogP contribution in [0.5, 0.6) is 5.75 Å². The van der Waals surface area contributed by atoms with Gasteiger partial charge in [0.15, 0.2) is 0 Å². The fraction of sp³-hybridized carbons (Fsp3) is 0.118. The number of hydrazone groups is 1. The minimum absolute atomic E-state index is 0.468. The molecule has 0 spiro atoms. The highest BCUT2D eigenvalue weighted by molar-refractivity contribution is 6.39. The van der Waals surface area contributed by atoms with Crippen LogP contribution in [0.2, 0.25) is 5.02 Å². The Morgan fingerprint density at radius 1 is 1.08 bits per heavy atom. The molecule has 0 radical (unpaired) electrons. The van der Waals surface area contributed by atoms with E-state index >= 15 is 0 Å². The summed E-state index contributed by atoms with van der Waals surface area (Å²) in [6, 6.07) is 13.6. The Hall–Kier alpha value is -2.86. The van der Waals surface area contributed by atoms with Crippen molar-refractivity contribution in [1.29, 1.82) is 0 Å². The molecule has 7 heteroatoms. The number of anilines is 1. The zero-order valence-electron chi connectivity index (χ0n) is 13.0. The molecule has 124 valence electrons. The van der Waals surface area contributed by atoms with Gasteiger partial charge in [0.2, 0.25) is 0 Å². The van der Waals surface area contributed by atoms with Crippen LogP contribution < -0.4 is 15.5 Å². The first kappa shape index (κ1) is 17.5. The van der Waals surface area contributed by atoms with Crippen LogP contribution in [-0.4, -0.2) is 24.6 Å². The van der Waals surface area contributed by atoms with E-state index in [2.05, 4.69) is 15.8 Å². The lowest BCUT2D eigenvalue weighted by Gasteiger charge is -2.04. The van der Waals surface area contributed by atoms with Crippen LogP contribution in [-0.2, 0) is 9.59 Å². The number of carbonyl (C=O) groups excluding carboxylic acids is 2. The SMILES string of the molecule is CCOc1ccc(/C=N\NC(=O)C(=O)Nc2ccc(Cl)cc2)cc1. The molecule has 2 aromatic rings. The smallest absolute Gasteiger partial charge is 0.329 e. The summed E-state index contributed by atoms with van der Waals surface area (Å²) >= 11 is 5.75. The summed E-state index contributed by atoms with van der Waals surface area (Å²) in [5.41, 5.74) is 3.39. The van der Waals surface area contributed by atoms with Gasteiger partial charge in [0.05, 0.1) is 12.8 Å². The second kappa shape index (κ2) is 8.69. The van der Waals surface area contributed by atoms with E-state index < -0.39 is 11.8 Å². The number of hydrogen-bond donors (Lipinski definition) is 2. The molecule has 0 unspecified atom stereocenters. The zero-order chi connectivity index (χ0) is 17.4. The van der Waals surface area contributed by atoms with Gasteiger partial charge in [0, 0.05) is 10.7 Å². The van der Waals surface area contributed by atoms with Gasteiger partial charge in [0.1, 0.15) is 5.75 Å². The molecule has 2 aromatic carbocycles. The van der Waals surface area contributed by atoms with E-state index in [1.165, 1.54) is 6.21 Å². The zero-order valence-corrected chi connectivity index (χ0v) is 13.7. The molecule has 0 aromatic heterocycles. The normalized spacial score (nSPS) is 10.4. The van der Waals surface area contributed by atoms with E-state index in [0.29, 0.717) is 17.3 Å². The minimum Gasteiger partial charge on any atom is -0.494 e. The molecule has 0 atom stereocenters.